The first-order valence-corrected chi connectivity index (χ1v) is 15.4. The zero-order chi connectivity index (χ0) is 28.8. The zero-order valence-corrected chi connectivity index (χ0v) is 26.5. The maximum absolute atomic E-state index is 11.1. The van der Waals surface area contributed by atoms with Crippen LogP contribution in [0.4, 0.5) is 17.1 Å². The lowest BCUT2D eigenvalue weighted by Crippen LogP contribution is -2.35. The summed E-state index contributed by atoms with van der Waals surface area (Å²) in [6.45, 7) is 21.1. The lowest BCUT2D eigenvalue weighted by atomic mass is 9.79. The first-order chi connectivity index (χ1) is 18.3. The van der Waals surface area contributed by atoms with Gasteiger partial charge in [0.1, 0.15) is 5.75 Å². The Morgan fingerprint density at radius 1 is 0.795 bits per heavy atom. The maximum atomic E-state index is 11.1. The standard InChI is InChI=1S/C35H50N2OS/c1-25(2)22-26(3)37(29-18-16-28(17-19-29)36-27-14-11-10-12-15-27)20-13-21-39-30-23-31(34(4,5)6)33(38)32(24-30)35(7,8)9/h10-12,14-19,23-26,36,38H,13,20-22H2,1-9H3. The Labute approximate surface area is 242 Å². The number of nitrogens with one attached hydrogen (secondary N) is 1. The van der Waals surface area contributed by atoms with Crippen LogP contribution in [-0.2, 0) is 10.8 Å². The molecule has 0 spiro atoms. The molecule has 3 nitrogen and oxygen atoms in total. The molecule has 0 aliphatic carbocycles. The number of hydrogen-bond donors (Lipinski definition) is 2. The van der Waals surface area contributed by atoms with Crippen LogP contribution in [0, 0.1) is 5.92 Å². The summed E-state index contributed by atoms with van der Waals surface area (Å²) in [5.41, 5.74) is 5.35. The molecule has 4 heteroatoms. The van der Waals surface area contributed by atoms with Gasteiger partial charge < -0.3 is 15.3 Å². The van der Waals surface area contributed by atoms with Crippen molar-refractivity contribution < 1.29 is 5.11 Å². The Morgan fingerprint density at radius 2 is 1.33 bits per heavy atom. The second kappa shape index (κ2) is 13.2. The molecule has 0 saturated heterocycles. The number of phenols is 1. The van der Waals surface area contributed by atoms with E-state index in [-0.39, 0.29) is 10.8 Å². The third-order valence-corrected chi connectivity index (χ3v) is 8.18. The van der Waals surface area contributed by atoms with Crippen molar-refractivity contribution in [3.63, 3.8) is 0 Å². The molecule has 2 N–H and O–H groups in total. The minimum atomic E-state index is -0.106. The molecule has 3 aromatic carbocycles. The summed E-state index contributed by atoms with van der Waals surface area (Å²) < 4.78 is 0. The van der Waals surface area contributed by atoms with Gasteiger partial charge >= 0.3 is 0 Å². The zero-order valence-electron chi connectivity index (χ0n) is 25.6. The van der Waals surface area contributed by atoms with Gasteiger partial charge in [-0.2, -0.15) is 0 Å². The van der Waals surface area contributed by atoms with Gasteiger partial charge in [0.05, 0.1) is 0 Å². The topological polar surface area (TPSA) is 35.5 Å². The third kappa shape index (κ3) is 8.96. The normalized spacial score (nSPS) is 13.0. The molecule has 0 saturated carbocycles. The van der Waals surface area contributed by atoms with Crippen LogP contribution in [0.25, 0.3) is 0 Å². The van der Waals surface area contributed by atoms with E-state index in [0.717, 1.165) is 41.2 Å². The fraction of sp³-hybridized carbons (Fsp3) is 0.486. The van der Waals surface area contributed by atoms with Gasteiger partial charge in [-0.3, -0.25) is 0 Å². The molecule has 1 atom stereocenters. The molecule has 1 unspecified atom stereocenters. The Morgan fingerprint density at radius 3 is 1.85 bits per heavy atom. The Hall–Kier alpha value is -2.59. The number of benzene rings is 3. The number of thioether (sulfide) groups is 1. The Bertz CT molecular complexity index is 1140. The highest BCUT2D eigenvalue weighted by Crippen LogP contribution is 2.42. The largest absolute Gasteiger partial charge is 0.507 e. The first-order valence-electron chi connectivity index (χ1n) is 14.4. The highest BCUT2D eigenvalue weighted by Gasteiger charge is 2.26. The number of anilines is 3. The van der Waals surface area contributed by atoms with Gasteiger partial charge in [-0.15, -0.1) is 11.8 Å². The molecule has 0 aromatic heterocycles. The SMILES string of the molecule is CC(C)CC(C)N(CCCSc1cc(C(C)(C)C)c(O)c(C(C)(C)C)c1)c1ccc(Nc2ccccc2)cc1. The van der Waals surface area contributed by atoms with Gasteiger partial charge in [-0.05, 0) is 90.8 Å². The molecule has 0 amide bonds. The number of hydrogen-bond acceptors (Lipinski definition) is 4. The molecule has 0 aliphatic heterocycles. The van der Waals surface area contributed by atoms with E-state index in [2.05, 4.69) is 133 Å². The van der Waals surface area contributed by atoms with Crippen molar-refractivity contribution >= 4 is 28.8 Å². The van der Waals surface area contributed by atoms with Crippen LogP contribution in [0.15, 0.2) is 71.6 Å². The van der Waals surface area contributed by atoms with Crippen molar-refractivity contribution in [2.45, 2.75) is 96.9 Å². The van der Waals surface area contributed by atoms with Gasteiger partial charge in [0.2, 0.25) is 0 Å². The van der Waals surface area contributed by atoms with E-state index in [0.29, 0.717) is 17.7 Å². The predicted octanol–water partition coefficient (Wildman–Crippen LogP) is 10.2. The van der Waals surface area contributed by atoms with Crippen molar-refractivity contribution in [2.75, 3.05) is 22.5 Å². The lowest BCUT2D eigenvalue weighted by Gasteiger charge is -2.33. The molecule has 3 aromatic rings. The smallest absolute Gasteiger partial charge is 0.123 e. The van der Waals surface area contributed by atoms with Crippen LogP contribution in [0.2, 0.25) is 0 Å². The van der Waals surface area contributed by atoms with Crippen molar-refractivity contribution in [2.24, 2.45) is 5.92 Å². The maximum Gasteiger partial charge on any atom is 0.123 e. The van der Waals surface area contributed by atoms with Crippen LogP contribution in [0.1, 0.15) is 86.3 Å². The van der Waals surface area contributed by atoms with Gasteiger partial charge in [0, 0.05) is 45.7 Å². The third-order valence-electron chi connectivity index (χ3n) is 7.12. The number of rotatable bonds is 11. The van der Waals surface area contributed by atoms with E-state index in [9.17, 15) is 5.11 Å². The van der Waals surface area contributed by atoms with E-state index >= 15 is 0 Å². The average Bonchev–Trinajstić information content (AvgIpc) is 2.84. The summed E-state index contributed by atoms with van der Waals surface area (Å²) in [7, 11) is 0. The summed E-state index contributed by atoms with van der Waals surface area (Å²) in [6.07, 6.45) is 2.26. The molecule has 3 rings (SSSR count). The highest BCUT2D eigenvalue weighted by molar-refractivity contribution is 7.99. The van der Waals surface area contributed by atoms with Crippen LogP contribution in [0.3, 0.4) is 0 Å². The minimum Gasteiger partial charge on any atom is -0.507 e. The minimum absolute atomic E-state index is 0.106. The molecule has 212 valence electrons. The van der Waals surface area contributed by atoms with E-state index in [1.807, 2.05) is 17.8 Å². The lowest BCUT2D eigenvalue weighted by molar-refractivity contribution is 0.422. The fourth-order valence-corrected chi connectivity index (χ4v) is 6.01. The Balaban J connectivity index is 1.72. The van der Waals surface area contributed by atoms with Gasteiger partial charge in [0.15, 0.2) is 0 Å². The quantitative estimate of drug-likeness (QED) is 0.185. The molecular weight excluding hydrogens is 496 g/mol. The number of para-hydroxylation sites is 1. The van der Waals surface area contributed by atoms with Crippen LogP contribution in [-0.4, -0.2) is 23.4 Å². The van der Waals surface area contributed by atoms with Gasteiger partial charge in [-0.1, -0.05) is 73.6 Å². The van der Waals surface area contributed by atoms with Crippen molar-refractivity contribution in [3.8, 4) is 5.75 Å². The first kappa shape index (κ1) is 30.9. The monoisotopic (exact) mass is 546 g/mol. The van der Waals surface area contributed by atoms with Gasteiger partial charge in [-0.25, -0.2) is 0 Å². The molecule has 0 bridgehead atoms. The number of nitrogens with zero attached hydrogens (tertiary/aromatic N) is 1. The molecule has 39 heavy (non-hydrogen) atoms. The van der Waals surface area contributed by atoms with E-state index in [4.69, 9.17) is 0 Å². The molecule has 0 heterocycles. The number of aromatic hydroxyl groups is 1. The Kier molecular flexibility index (Phi) is 10.5. The summed E-state index contributed by atoms with van der Waals surface area (Å²) in [5, 5.41) is 14.6. The van der Waals surface area contributed by atoms with Crippen LogP contribution >= 0.6 is 11.8 Å². The summed E-state index contributed by atoms with van der Waals surface area (Å²) in [5.74, 6) is 2.15. The number of phenolic OH excluding ortho intramolecular Hbond substituents is 1. The van der Waals surface area contributed by atoms with E-state index < -0.39 is 0 Å². The summed E-state index contributed by atoms with van der Waals surface area (Å²) >= 11 is 1.91. The van der Waals surface area contributed by atoms with E-state index in [1.54, 1.807) is 0 Å². The molecule has 0 aliphatic rings. The highest BCUT2D eigenvalue weighted by atomic mass is 32.2. The van der Waals surface area contributed by atoms with Crippen molar-refractivity contribution in [1.82, 2.24) is 0 Å². The second-order valence-electron chi connectivity index (χ2n) is 13.3. The molecule has 0 fully saturated rings. The van der Waals surface area contributed by atoms with Crippen LogP contribution < -0.4 is 10.2 Å². The second-order valence-corrected chi connectivity index (χ2v) is 14.4. The molecule has 0 radical (unpaired) electrons. The molecular formula is C35H50N2OS. The van der Waals surface area contributed by atoms with Crippen molar-refractivity contribution in [1.29, 1.82) is 0 Å². The average molecular weight is 547 g/mol. The summed E-state index contributed by atoms with van der Waals surface area (Å²) in [6, 6.07) is 24.1. The van der Waals surface area contributed by atoms with Crippen molar-refractivity contribution in [3.05, 3.63) is 77.9 Å². The van der Waals surface area contributed by atoms with Gasteiger partial charge in [0.25, 0.3) is 0 Å². The van der Waals surface area contributed by atoms with E-state index in [1.165, 1.54) is 17.0 Å². The fourth-order valence-electron chi connectivity index (χ4n) is 5.10. The predicted molar refractivity (Wildman–Crippen MR) is 173 cm³/mol. The summed E-state index contributed by atoms with van der Waals surface area (Å²) in [4.78, 5) is 3.82. The van der Waals surface area contributed by atoms with Crippen LogP contribution in [0.5, 0.6) is 5.75 Å².